The van der Waals surface area contributed by atoms with Gasteiger partial charge in [-0.3, -0.25) is 9.59 Å². The molecule has 0 spiro atoms. The molecule has 0 unspecified atom stereocenters. The number of nitrogens with zero attached hydrogens (tertiary/aromatic N) is 2. The Morgan fingerprint density at radius 1 is 0.912 bits per heavy atom. The third-order valence-electron chi connectivity index (χ3n) is 5.60. The van der Waals surface area contributed by atoms with E-state index in [1.165, 1.54) is 0 Å². The maximum absolute atomic E-state index is 13.3. The Bertz CT molecular complexity index is 1230. The van der Waals surface area contributed by atoms with E-state index < -0.39 is 11.9 Å². The molecule has 2 amide bonds. The summed E-state index contributed by atoms with van der Waals surface area (Å²) < 4.78 is 5.39. The van der Waals surface area contributed by atoms with E-state index in [1.807, 2.05) is 91.9 Å². The summed E-state index contributed by atoms with van der Waals surface area (Å²) >= 11 is 0. The molecule has 0 aliphatic carbocycles. The van der Waals surface area contributed by atoms with Gasteiger partial charge in [0.2, 0.25) is 5.91 Å². The molecular formula is C28H27N3O3. The van der Waals surface area contributed by atoms with E-state index in [-0.39, 0.29) is 11.6 Å². The maximum atomic E-state index is 13.3. The van der Waals surface area contributed by atoms with Crippen LogP contribution in [-0.4, -0.2) is 35.0 Å². The van der Waals surface area contributed by atoms with Gasteiger partial charge in [0.1, 0.15) is 6.04 Å². The number of likely N-dealkylation sites (N-methyl/N-ethyl adjacent to an activating group) is 1. The molecular weight excluding hydrogens is 426 g/mol. The van der Waals surface area contributed by atoms with E-state index in [0.29, 0.717) is 18.7 Å². The Morgan fingerprint density at radius 2 is 1.53 bits per heavy atom. The lowest BCUT2D eigenvalue weighted by atomic mass is 10.0. The standard InChI is InChI=1S/C28H27N3O3/c1-20-13-15-23(16-14-20)26-18-24(30-34-26)27(32)29-25(17-21-9-5-3-6-10-21)28(33)31(2)19-22-11-7-4-8-12-22/h3-16,18,25H,17,19H2,1-2H3,(H,29,32)/t25-/m0/s1. The van der Waals surface area contributed by atoms with Gasteiger partial charge in [-0.25, -0.2) is 0 Å². The molecule has 0 aliphatic heterocycles. The van der Waals surface area contributed by atoms with Crippen LogP contribution in [0.2, 0.25) is 0 Å². The number of nitrogens with one attached hydrogen (secondary N) is 1. The first-order valence-corrected chi connectivity index (χ1v) is 11.2. The lowest BCUT2D eigenvalue weighted by Crippen LogP contribution is -2.48. The number of hydrogen-bond acceptors (Lipinski definition) is 4. The predicted molar refractivity (Wildman–Crippen MR) is 131 cm³/mol. The van der Waals surface area contributed by atoms with Gasteiger partial charge < -0.3 is 14.7 Å². The topological polar surface area (TPSA) is 75.4 Å². The zero-order chi connectivity index (χ0) is 23.9. The van der Waals surface area contributed by atoms with Crippen LogP contribution in [-0.2, 0) is 17.8 Å². The zero-order valence-electron chi connectivity index (χ0n) is 19.3. The van der Waals surface area contributed by atoms with Gasteiger partial charge in [-0.1, -0.05) is 95.6 Å². The van der Waals surface area contributed by atoms with Crippen molar-refractivity contribution in [2.75, 3.05) is 7.05 Å². The van der Waals surface area contributed by atoms with Crippen molar-refractivity contribution in [2.45, 2.75) is 25.9 Å². The van der Waals surface area contributed by atoms with Gasteiger partial charge in [-0.15, -0.1) is 0 Å². The Morgan fingerprint density at radius 3 is 2.18 bits per heavy atom. The quantitative estimate of drug-likeness (QED) is 0.421. The van der Waals surface area contributed by atoms with Crippen molar-refractivity contribution in [2.24, 2.45) is 0 Å². The second kappa shape index (κ2) is 10.6. The minimum absolute atomic E-state index is 0.132. The third kappa shape index (κ3) is 5.78. The van der Waals surface area contributed by atoms with Crippen LogP contribution < -0.4 is 5.32 Å². The van der Waals surface area contributed by atoms with Crippen molar-refractivity contribution < 1.29 is 14.1 Å². The Balaban J connectivity index is 1.51. The fraction of sp³-hybridized carbons (Fsp3) is 0.179. The number of carbonyl (C=O) groups excluding carboxylic acids is 2. The monoisotopic (exact) mass is 453 g/mol. The Kier molecular flexibility index (Phi) is 7.18. The summed E-state index contributed by atoms with van der Waals surface area (Å²) in [6.45, 7) is 2.45. The van der Waals surface area contributed by atoms with Crippen LogP contribution in [0, 0.1) is 6.92 Å². The summed E-state index contributed by atoms with van der Waals surface area (Å²) in [5, 5.41) is 6.80. The second-order valence-corrected chi connectivity index (χ2v) is 8.34. The van der Waals surface area contributed by atoms with E-state index in [0.717, 1.165) is 22.3 Å². The molecule has 6 nitrogen and oxygen atoms in total. The largest absolute Gasteiger partial charge is 0.355 e. The lowest BCUT2D eigenvalue weighted by molar-refractivity contribution is -0.132. The van der Waals surface area contributed by atoms with Gasteiger partial charge in [-0.05, 0) is 18.1 Å². The molecule has 3 aromatic carbocycles. The fourth-order valence-electron chi connectivity index (χ4n) is 3.72. The summed E-state index contributed by atoms with van der Waals surface area (Å²) in [5.41, 5.74) is 4.06. The molecule has 1 N–H and O–H groups in total. The summed E-state index contributed by atoms with van der Waals surface area (Å²) in [6.07, 6.45) is 0.368. The average Bonchev–Trinajstić information content (AvgIpc) is 3.35. The fourth-order valence-corrected chi connectivity index (χ4v) is 3.72. The summed E-state index contributed by atoms with van der Waals surface area (Å²) in [7, 11) is 1.74. The molecule has 34 heavy (non-hydrogen) atoms. The summed E-state index contributed by atoms with van der Waals surface area (Å²) in [6, 6.07) is 28.0. The smallest absolute Gasteiger partial charge is 0.274 e. The van der Waals surface area contributed by atoms with Crippen molar-refractivity contribution in [1.29, 1.82) is 0 Å². The first kappa shape index (κ1) is 23.0. The number of benzene rings is 3. The van der Waals surface area contributed by atoms with Crippen LogP contribution in [0.1, 0.15) is 27.2 Å². The highest BCUT2D eigenvalue weighted by Crippen LogP contribution is 2.21. The number of hydrogen-bond donors (Lipinski definition) is 1. The Hall–Kier alpha value is -4.19. The van der Waals surface area contributed by atoms with Gasteiger partial charge in [0.05, 0.1) is 0 Å². The first-order valence-electron chi connectivity index (χ1n) is 11.2. The number of amides is 2. The van der Waals surface area contributed by atoms with Gasteiger partial charge in [0, 0.05) is 31.6 Å². The van der Waals surface area contributed by atoms with E-state index in [4.69, 9.17) is 4.52 Å². The SMILES string of the molecule is Cc1ccc(-c2cc(C(=O)N[C@@H](Cc3ccccc3)C(=O)N(C)Cc3ccccc3)no2)cc1. The number of rotatable bonds is 8. The molecule has 0 radical (unpaired) electrons. The lowest BCUT2D eigenvalue weighted by Gasteiger charge is -2.24. The normalized spacial score (nSPS) is 11.6. The molecule has 4 aromatic rings. The minimum Gasteiger partial charge on any atom is -0.355 e. The number of aromatic nitrogens is 1. The first-order chi connectivity index (χ1) is 16.5. The van der Waals surface area contributed by atoms with Crippen LogP contribution in [0.15, 0.2) is 95.5 Å². The predicted octanol–water partition coefficient (Wildman–Crippen LogP) is 4.65. The molecule has 0 aliphatic rings. The highest BCUT2D eigenvalue weighted by molar-refractivity contribution is 5.96. The van der Waals surface area contributed by atoms with Crippen molar-refractivity contribution >= 4 is 11.8 Å². The van der Waals surface area contributed by atoms with Crippen molar-refractivity contribution in [3.63, 3.8) is 0 Å². The van der Waals surface area contributed by atoms with E-state index in [1.54, 1.807) is 18.0 Å². The van der Waals surface area contributed by atoms with Gasteiger partial charge >= 0.3 is 0 Å². The molecule has 0 saturated carbocycles. The molecule has 0 bridgehead atoms. The number of carbonyl (C=O) groups is 2. The molecule has 4 rings (SSSR count). The molecule has 6 heteroatoms. The molecule has 1 heterocycles. The summed E-state index contributed by atoms with van der Waals surface area (Å²) in [5.74, 6) is -0.134. The van der Waals surface area contributed by atoms with Crippen LogP contribution in [0.4, 0.5) is 0 Å². The average molecular weight is 454 g/mol. The van der Waals surface area contributed by atoms with Crippen molar-refractivity contribution in [1.82, 2.24) is 15.4 Å². The van der Waals surface area contributed by atoms with Gasteiger partial charge in [-0.2, -0.15) is 0 Å². The van der Waals surface area contributed by atoms with E-state index >= 15 is 0 Å². The minimum atomic E-state index is -0.747. The molecule has 172 valence electrons. The van der Waals surface area contributed by atoms with Gasteiger partial charge in [0.15, 0.2) is 11.5 Å². The maximum Gasteiger partial charge on any atom is 0.274 e. The second-order valence-electron chi connectivity index (χ2n) is 8.34. The highest BCUT2D eigenvalue weighted by atomic mass is 16.5. The van der Waals surface area contributed by atoms with E-state index in [2.05, 4.69) is 10.5 Å². The van der Waals surface area contributed by atoms with Gasteiger partial charge in [0.25, 0.3) is 5.91 Å². The van der Waals surface area contributed by atoms with E-state index in [9.17, 15) is 9.59 Å². The van der Waals surface area contributed by atoms with Crippen LogP contribution in [0.5, 0.6) is 0 Å². The third-order valence-corrected chi connectivity index (χ3v) is 5.60. The highest BCUT2D eigenvalue weighted by Gasteiger charge is 2.26. The Labute approximate surface area is 199 Å². The van der Waals surface area contributed by atoms with Crippen LogP contribution >= 0.6 is 0 Å². The summed E-state index contributed by atoms with van der Waals surface area (Å²) in [4.78, 5) is 28.0. The van der Waals surface area contributed by atoms with Crippen LogP contribution in [0.25, 0.3) is 11.3 Å². The molecule has 1 atom stereocenters. The zero-order valence-corrected chi connectivity index (χ0v) is 19.3. The van der Waals surface area contributed by atoms with Crippen LogP contribution in [0.3, 0.4) is 0 Å². The molecule has 0 fully saturated rings. The molecule has 1 aromatic heterocycles. The number of aryl methyl sites for hydroxylation is 1. The van der Waals surface area contributed by atoms with Crippen molar-refractivity contribution in [3.05, 3.63) is 113 Å². The molecule has 0 saturated heterocycles. The van der Waals surface area contributed by atoms with Crippen molar-refractivity contribution in [3.8, 4) is 11.3 Å².